The van der Waals surface area contributed by atoms with Crippen LogP contribution in [-0.4, -0.2) is 38.1 Å². The van der Waals surface area contributed by atoms with Crippen molar-refractivity contribution in [1.82, 2.24) is 0 Å². The Morgan fingerprint density at radius 2 is 1.87 bits per heavy atom. The zero-order valence-electron chi connectivity index (χ0n) is 7.66. The maximum absolute atomic E-state index is 10.7. The van der Waals surface area contributed by atoms with E-state index >= 15 is 0 Å². The molecule has 86 valence electrons. The van der Waals surface area contributed by atoms with Gasteiger partial charge in [-0.15, -0.1) is 0 Å². The molecule has 15 heavy (non-hydrogen) atoms. The molecule has 4 N–H and O–H groups in total. The summed E-state index contributed by atoms with van der Waals surface area (Å²) in [5.74, 6) is -3.40. The highest BCUT2D eigenvalue weighted by molar-refractivity contribution is 7.51. The van der Waals surface area contributed by atoms with Crippen molar-refractivity contribution in [3.8, 4) is 0 Å². The van der Waals surface area contributed by atoms with Crippen molar-refractivity contribution in [3.63, 3.8) is 0 Å². The Morgan fingerprint density at radius 1 is 1.33 bits per heavy atom. The molecule has 0 aromatic carbocycles. The van der Waals surface area contributed by atoms with Gasteiger partial charge < -0.3 is 20.0 Å². The van der Waals surface area contributed by atoms with E-state index in [1.807, 2.05) is 0 Å². The fourth-order valence-corrected chi connectivity index (χ4v) is 3.12. The number of aliphatic carboxylic acids is 2. The fourth-order valence-electron chi connectivity index (χ4n) is 1.83. The van der Waals surface area contributed by atoms with Crippen LogP contribution >= 0.6 is 7.60 Å². The largest absolute Gasteiger partial charge is 0.481 e. The van der Waals surface area contributed by atoms with Gasteiger partial charge in [-0.05, 0) is 6.42 Å². The van der Waals surface area contributed by atoms with Gasteiger partial charge in [0, 0.05) is 5.41 Å². The van der Waals surface area contributed by atoms with E-state index in [0.717, 1.165) is 0 Å². The van der Waals surface area contributed by atoms with Crippen LogP contribution in [0.3, 0.4) is 0 Å². The summed E-state index contributed by atoms with van der Waals surface area (Å²) in [6.07, 6.45) is -1.18. The summed E-state index contributed by atoms with van der Waals surface area (Å²) in [4.78, 5) is 38.5. The quantitative estimate of drug-likeness (QED) is 0.484. The van der Waals surface area contributed by atoms with Crippen LogP contribution in [0.4, 0.5) is 0 Å². The van der Waals surface area contributed by atoms with Gasteiger partial charge in [0.1, 0.15) is 0 Å². The second kappa shape index (κ2) is 3.59. The molecule has 0 saturated heterocycles. The normalized spacial score (nSPS) is 29.9. The van der Waals surface area contributed by atoms with Crippen LogP contribution in [0.15, 0.2) is 0 Å². The second-order valence-corrected chi connectivity index (χ2v) is 5.50. The van der Waals surface area contributed by atoms with Crippen LogP contribution in [0.5, 0.6) is 0 Å². The average Bonchev–Trinajstić information content (AvgIpc) is 2.56. The van der Waals surface area contributed by atoms with Gasteiger partial charge in [0.15, 0.2) is 0 Å². The minimum absolute atomic E-state index is 0.0136. The summed E-state index contributed by atoms with van der Waals surface area (Å²) < 4.78 is 10.7. The van der Waals surface area contributed by atoms with Crippen molar-refractivity contribution >= 4 is 19.5 Å². The van der Waals surface area contributed by atoms with Crippen LogP contribution in [0.25, 0.3) is 0 Å². The summed E-state index contributed by atoms with van der Waals surface area (Å²) in [7, 11) is -4.38. The first-order valence-corrected chi connectivity index (χ1v) is 5.95. The third-order valence-corrected chi connectivity index (χ3v) is 3.55. The van der Waals surface area contributed by atoms with E-state index < -0.39 is 43.5 Å². The van der Waals surface area contributed by atoms with Crippen molar-refractivity contribution < 1.29 is 34.2 Å². The molecule has 1 fully saturated rings. The van der Waals surface area contributed by atoms with Crippen molar-refractivity contribution in [3.05, 3.63) is 0 Å². The highest BCUT2D eigenvalue weighted by atomic mass is 31.2. The highest BCUT2D eigenvalue weighted by Gasteiger charge is 2.61. The maximum atomic E-state index is 10.7. The van der Waals surface area contributed by atoms with E-state index in [-0.39, 0.29) is 6.42 Å². The lowest BCUT2D eigenvalue weighted by atomic mass is 10.0. The molecule has 0 aromatic rings. The van der Waals surface area contributed by atoms with Crippen LogP contribution in [0, 0.1) is 11.3 Å². The van der Waals surface area contributed by atoms with Crippen molar-refractivity contribution in [2.24, 2.45) is 11.3 Å². The third-order valence-electron chi connectivity index (χ3n) is 2.51. The van der Waals surface area contributed by atoms with Crippen LogP contribution in [0.1, 0.15) is 12.8 Å². The lowest BCUT2D eigenvalue weighted by molar-refractivity contribution is -0.140. The monoisotopic (exact) mass is 238 g/mol. The molecule has 0 radical (unpaired) electrons. The lowest BCUT2D eigenvalue weighted by Gasteiger charge is -2.14. The highest BCUT2D eigenvalue weighted by Crippen LogP contribution is 2.61. The Balaban J connectivity index is 2.78. The molecule has 0 aliphatic heterocycles. The van der Waals surface area contributed by atoms with Gasteiger partial charge in [-0.2, -0.15) is 0 Å². The Labute approximate surface area is 84.9 Å². The molecule has 0 spiro atoms. The molecule has 1 aliphatic carbocycles. The van der Waals surface area contributed by atoms with Crippen molar-refractivity contribution in [1.29, 1.82) is 0 Å². The molecule has 7 nitrogen and oxygen atoms in total. The Kier molecular flexibility index (Phi) is 2.91. The van der Waals surface area contributed by atoms with Gasteiger partial charge in [-0.25, -0.2) is 0 Å². The summed E-state index contributed by atoms with van der Waals surface area (Å²) in [5, 5.41) is 17.2. The van der Waals surface area contributed by atoms with E-state index in [1.54, 1.807) is 0 Å². The predicted molar refractivity (Wildman–Crippen MR) is 47.3 cm³/mol. The molecule has 2 atom stereocenters. The summed E-state index contributed by atoms with van der Waals surface area (Å²) in [5.41, 5.74) is -1.27. The number of rotatable bonds is 5. The molecule has 0 heterocycles. The molecule has 1 rings (SSSR count). The molecule has 1 aliphatic rings. The SMILES string of the molecule is O=C(O)CC1(CP(=O)(O)O)CC1C(=O)O. The Bertz CT molecular complexity index is 345. The van der Waals surface area contributed by atoms with E-state index in [1.165, 1.54) is 0 Å². The Morgan fingerprint density at radius 3 is 2.13 bits per heavy atom. The van der Waals surface area contributed by atoms with Crippen LogP contribution in [-0.2, 0) is 14.2 Å². The predicted octanol–water partition coefficient (Wildman–Crippen LogP) is -0.270. The van der Waals surface area contributed by atoms with Gasteiger partial charge in [0.25, 0.3) is 0 Å². The molecular weight excluding hydrogens is 227 g/mol. The first-order valence-electron chi connectivity index (χ1n) is 4.15. The van der Waals surface area contributed by atoms with Gasteiger partial charge in [-0.3, -0.25) is 14.2 Å². The minimum atomic E-state index is -4.38. The smallest absolute Gasteiger partial charge is 0.326 e. The van der Waals surface area contributed by atoms with Gasteiger partial charge in [-0.1, -0.05) is 0 Å². The van der Waals surface area contributed by atoms with Gasteiger partial charge in [0.2, 0.25) is 0 Å². The summed E-state index contributed by atoms with van der Waals surface area (Å²) in [6, 6.07) is 0. The zero-order valence-corrected chi connectivity index (χ0v) is 8.55. The molecule has 8 heteroatoms. The number of hydrogen-bond donors (Lipinski definition) is 4. The average molecular weight is 238 g/mol. The molecular formula is C7H11O7P. The standard InChI is InChI=1S/C7H11O7P/c8-5(9)2-7(3-15(12,13)14)1-4(7)6(10)11/h4H,1-3H2,(H,8,9)(H,10,11)(H2,12,13,14). The number of carbonyl (C=O) groups is 2. The number of hydrogen-bond acceptors (Lipinski definition) is 3. The summed E-state index contributed by atoms with van der Waals surface area (Å²) >= 11 is 0. The van der Waals surface area contributed by atoms with E-state index in [0.29, 0.717) is 0 Å². The molecule has 1 saturated carbocycles. The molecule has 0 bridgehead atoms. The fraction of sp³-hybridized carbons (Fsp3) is 0.714. The molecule has 0 aromatic heterocycles. The first kappa shape index (κ1) is 12.2. The number of carboxylic acid groups (broad SMARTS) is 2. The van der Waals surface area contributed by atoms with Crippen molar-refractivity contribution in [2.75, 3.05) is 6.16 Å². The van der Waals surface area contributed by atoms with Crippen LogP contribution < -0.4 is 0 Å². The van der Waals surface area contributed by atoms with Crippen molar-refractivity contribution in [2.45, 2.75) is 12.8 Å². The van der Waals surface area contributed by atoms with E-state index in [2.05, 4.69) is 0 Å². The third kappa shape index (κ3) is 3.02. The lowest BCUT2D eigenvalue weighted by Crippen LogP contribution is -2.19. The summed E-state index contributed by atoms with van der Waals surface area (Å²) in [6.45, 7) is 0. The topological polar surface area (TPSA) is 132 Å². The minimum Gasteiger partial charge on any atom is -0.481 e. The van der Waals surface area contributed by atoms with E-state index in [9.17, 15) is 14.2 Å². The number of carboxylic acids is 2. The van der Waals surface area contributed by atoms with Gasteiger partial charge >= 0.3 is 19.5 Å². The Hall–Kier alpha value is -0.910. The molecule has 2 unspecified atom stereocenters. The maximum Gasteiger partial charge on any atom is 0.326 e. The van der Waals surface area contributed by atoms with Gasteiger partial charge in [0.05, 0.1) is 18.5 Å². The zero-order chi connectivity index (χ0) is 11.9. The van der Waals surface area contributed by atoms with E-state index in [4.69, 9.17) is 20.0 Å². The van der Waals surface area contributed by atoms with Crippen LogP contribution in [0.2, 0.25) is 0 Å². The first-order chi connectivity index (χ1) is 6.66. The molecule has 0 amide bonds. The second-order valence-electron chi connectivity index (χ2n) is 3.85.